The second-order valence-corrected chi connectivity index (χ2v) is 7.22. The van der Waals surface area contributed by atoms with Crippen LogP contribution in [0.3, 0.4) is 0 Å². The van der Waals surface area contributed by atoms with Crippen LogP contribution in [0, 0.1) is 23.0 Å². The molecule has 0 fully saturated rings. The number of carbonyl (C=O) groups is 1. The number of aliphatic hydroxyl groups excluding tert-OH is 1. The van der Waals surface area contributed by atoms with Gasteiger partial charge in [-0.05, 0) is 29.8 Å². The maximum atomic E-state index is 14.7. The summed E-state index contributed by atoms with van der Waals surface area (Å²) in [6.07, 6.45) is 1.35. The van der Waals surface area contributed by atoms with Gasteiger partial charge in [0.2, 0.25) is 5.82 Å². The fraction of sp³-hybridized carbons (Fsp3) is 0.158. The minimum Gasteiger partial charge on any atom is -0.396 e. The van der Waals surface area contributed by atoms with Crippen molar-refractivity contribution in [1.82, 2.24) is 9.97 Å². The highest BCUT2D eigenvalue weighted by Gasteiger charge is 2.21. The van der Waals surface area contributed by atoms with Crippen LogP contribution in [0.25, 0.3) is 10.4 Å². The van der Waals surface area contributed by atoms with Crippen LogP contribution in [0.15, 0.2) is 30.5 Å². The fourth-order valence-corrected chi connectivity index (χ4v) is 3.73. The second kappa shape index (κ2) is 8.30. The van der Waals surface area contributed by atoms with Crippen LogP contribution in [-0.2, 0) is 0 Å². The van der Waals surface area contributed by atoms with Crippen LogP contribution >= 0.6 is 11.3 Å². The number of halogens is 2. The monoisotopic (exact) mass is 415 g/mol. The number of aliphatic hydroxyl groups is 1. The van der Waals surface area contributed by atoms with Gasteiger partial charge in [0, 0.05) is 23.6 Å². The van der Waals surface area contributed by atoms with E-state index in [4.69, 9.17) is 11.0 Å². The summed E-state index contributed by atoms with van der Waals surface area (Å²) >= 11 is 0.913. The zero-order valence-electron chi connectivity index (χ0n) is 15.1. The van der Waals surface area contributed by atoms with Crippen LogP contribution in [0.1, 0.15) is 34.6 Å². The van der Waals surface area contributed by atoms with E-state index in [1.165, 1.54) is 18.3 Å². The van der Waals surface area contributed by atoms with Crippen molar-refractivity contribution in [3.05, 3.63) is 59.0 Å². The zero-order chi connectivity index (χ0) is 21.1. The quantitative estimate of drug-likeness (QED) is 0.567. The normalized spacial score (nSPS) is 11.7. The van der Waals surface area contributed by atoms with Crippen molar-refractivity contribution >= 4 is 28.1 Å². The molecule has 10 heteroatoms. The molecule has 0 radical (unpaired) electrons. The number of hydrogen-bond donors (Lipinski definition) is 3. The summed E-state index contributed by atoms with van der Waals surface area (Å²) in [5, 5.41) is 21.2. The van der Waals surface area contributed by atoms with Gasteiger partial charge in [0.25, 0.3) is 5.91 Å². The molecule has 3 rings (SSSR count). The Bertz CT molecular complexity index is 1100. The first-order valence-corrected chi connectivity index (χ1v) is 9.19. The summed E-state index contributed by atoms with van der Waals surface area (Å²) in [4.78, 5) is 19.7. The number of thiophene rings is 1. The van der Waals surface area contributed by atoms with Gasteiger partial charge in [-0.2, -0.15) is 5.26 Å². The Labute approximate surface area is 168 Å². The molecule has 0 saturated heterocycles. The van der Waals surface area contributed by atoms with Crippen molar-refractivity contribution < 1.29 is 18.7 Å². The van der Waals surface area contributed by atoms with Crippen LogP contribution in [-0.4, -0.2) is 27.6 Å². The summed E-state index contributed by atoms with van der Waals surface area (Å²) in [5.74, 6) is -2.73. The van der Waals surface area contributed by atoms with Crippen molar-refractivity contribution in [2.45, 2.75) is 12.8 Å². The van der Waals surface area contributed by atoms with E-state index < -0.39 is 23.5 Å². The van der Waals surface area contributed by atoms with E-state index in [1.807, 2.05) is 0 Å². The number of amides is 1. The number of benzene rings is 1. The van der Waals surface area contributed by atoms with Crippen molar-refractivity contribution in [3.8, 4) is 16.5 Å². The van der Waals surface area contributed by atoms with Crippen LogP contribution < -0.4 is 11.1 Å². The largest absolute Gasteiger partial charge is 0.396 e. The standard InChI is InChI=1S/C19H15F2N5O2S/c1-9(8-27)10-4-12(20)17(13(21)5-10)14-6-11(18(23)28)19(29-14)26-15-2-3-24-16(7-22)25-15/h2-6,9,27H,8H2,1H3,(H2,23,28)(H,24,25,26). The Kier molecular flexibility index (Phi) is 5.81. The highest BCUT2D eigenvalue weighted by atomic mass is 32.1. The number of aromatic nitrogens is 2. The van der Waals surface area contributed by atoms with E-state index in [0.29, 0.717) is 5.56 Å². The number of nitrogens with zero attached hydrogens (tertiary/aromatic N) is 3. The molecule has 3 aromatic rings. The number of carbonyl (C=O) groups excluding carboxylic acids is 1. The molecule has 0 saturated carbocycles. The molecule has 148 valence electrons. The number of nitriles is 1. The summed E-state index contributed by atoms with van der Waals surface area (Å²) in [6, 6.07) is 6.85. The molecule has 0 aliphatic carbocycles. The van der Waals surface area contributed by atoms with Gasteiger partial charge in [-0.3, -0.25) is 4.79 Å². The molecule has 2 aromatic heterocycles. The molecule has 7 nitrogen and oxygen atoms in total. The first-order valence-electron chi connectivity index (χ1n) is 8.38. The highest BCUT2D eigenvalue weighted by molar-refractivity contribution is 7.20. The van der Waals surface area contributed by atoms with Crippen LogP contribution in [0.4, 0.5) is 19.6 Å². The third-order valence-electron chi connectivity index (χ3n) is 4.15. The molecular formula is C19H15F2N5O2S. The molecule has 1 aromatic carbocycles. The van der Waals surface area contributed by atoms with Gasteiger partial charge in [-0.25, -0.2) is 18.7 Å². The predicted molar refractivity (Wildman–Crippen MR) is 104 cm³/mol. The lowest BCUT2D eigenvalue weighted by molar-refractivity contribution is 0.100. The van der Waals surface area contributed by atoms with E-state index in [9.17, 15) is 18.7 Å². The smallest absolute Gasteiger partial charge is 0.251 e. The second-order valence-electron chi connectivity index (χ2n) is 6.16. The Hall–Kier alpha value is -3.42. The van der Waals surface area contributed by atoms with Gasteiger partial charge in [0.1, 0.15) is 28.5 Å². The summed E-state index contributed by atoms with van der Waals surface area (Å²) in [6.45, 7) is 1.39. The Morgan fingerprint density at radius 3 is 2.66 bits per heavy atom. The maximum Gasteiger partial charge on any atom is 0.251 e. The number of anilines is 2. The number of hydrogen-bond acceptors (Lipinski definition) is 7. The number of nitrogens with two attached hydrogens (primary N) is 1. The lowest BCUT2D eigenvalue weighted by atomic mass is 9.99. The molecule has 0 aliphatic rings. The van der Waals surface area contributed by atoms with E-state index in [-0.39, 0.29) is 39.3 Å². The topological polar surface area (TPSA) is 125 Å². The van der Waals surface area contributed by atoms with Gasteiger partial charge in [0.05, 0.1) is 11.1 Å². The maximum absolute atomic E-state index is 14.7. The lowest BCUT2D eigenvalue weighted by Crippen LogP contribution is -2.11. The van der Waals surface area contributed by atoms with Gasteiger partial charge in [0.15, 0.2) is 0 Å². The van der Waals surface area contributed by atoms with Gasteiger partial charge in [-0.1, -0.05) is 6.92 Å². The summed E-state index contributed by atoms with van der Waals surface area (Å²) < 4.78 is 29.3. The molecule has 4 N–H and O–H groups in total. The van der Waals surface area contributed by atoms with Crippen molar-refractivity contribution in [2.75, 3.05) is 11.9 Å². The van der Waals surface area contributed by atoms with Crippen molar-refractivity contribution in [3.63, 3.8) is 0 Å². The third-order valence-corrected chi connectivity index (χ3v) is 5.22. The molecule has 0 bridgehead atoms. The molecule has 1 atom stereocenters. The Morgan fingerprint density at radius 1 is 1.38 bits per heavy atom. The molecule has 0 aliphatic heterocycles. The number of nitrogens with one attached hydrogen (secondary N) is 1. The van der Waals surface area contributed by atoms with Crippen molar-refractivity contribution in [2.24, 2.45) is 5.73 Å². The SMILES string of the molecule is CC(CO)c1cc(F)c(-c2cc(C(N)=O)c(Nc3ccnc(C#N)n3)s2)c(F)c1. The molecule has 2 heterocycles. The molecule has 29 heavy (non-hydrogen) atoms. The molecular weight excluding hydrogens is 400 g/mol. The molecule has 1 amide bonds. The van der Waals surface area contributed by atoms with Crippen LogP contribution in [0.5, 0.6) is 0 Å². The van der Waals surface area contributed by atoms with E-state index in [1.54, 1.807) is 13.0 Å². The van der Waals surface area contributed by atoms with Gasteiger partial charge < -0.3 is 16.2 Å². The van der Waals surface area contributed by atoms with Gasteiger partial charge in [-0.15, -0.1) is 11.3 Å². The first-order chi connectivity index (χ1) is 13.8. The van der Waals surface area contributed by atoms with E-state index >= 15 is 0 Å². The predicted octanol–water partition coefficient (Wildman–Crippen LogP) is 3.29. The minimum absolute atomic E-state index is 0.0220. The lowest BCUT2D eigenvalue weighted by Gasteiger charge is -2.11. The Balaban J connectivity index is 2.05. The fourth-order valence-electron chi connectivity index (χ4n) is 2.61. The first kappa shape index (κ1) is 20.3. The third kappa shape index (κ3) is 4.21. The molecule has 1 unspecified atom stereocenters. The highest BCUT2D eigenvalue weighted by Crippen LogP contribution is 2.39. The Morgan fingerprint density at radius 2 is 2.07 bits per heavy atom. The average molecular weight is 415 g/mol. The summed E-state index contributed by atoms with van der Waals surface area (Å²) in [5.41, 5.74) is 5.44. The minimum atomic E-state index is -0.821. The molecule has 0 spiro atoms. The number of primary amides is 1. The summed E-state index contributed by atoms with van der Waals surface area (Å²) in [7, 11) is 0. The van der Waals surface area contributed by atoms with Gasteiger partial charge >= 0.3 is 0 Å². The zero-order valence-corrected chi connectivity index (χ0v) is 15.9. The van der Waals surface area contributed by atoms with Crippen LogP contribution in [0.2, 0.25) is 0 Å². The number of rotatable bonds is 6. The van der Waals surface area contributed by atoms with E-state index in [0.717, 1.165) is 23.5 Å². The van der Waals surface area contributed by atoms with E-state index in [2.05, 4.69) is 15.3 Å². The van der Waals surface area contributed by atoms with Crippen molar-refractivity contribution in [1.29, 1.82) is 5.26 Å². The average Bonchev–Trinajstić information content (AvgIpc) is 3.10.